The van der Waals surface area contributed by atoms with Gasteiger partial charge in [0.25, 0.3) is 0 Å². The highest BCUT2D eigenvalue weighted by atomic mass is 16.5. The van der Waals surface area contributed by atoms with E-state index in [4.69, 9.17) is 4.74 Å². The van der Waals surface area contributed by atoms with Gasteiger partial charge in [-0.3, -0.25) is 0 Å². The van der Waals surface area contributed by atoms with Crippen LogP contribution in [0.5, 0.6) is 5.75 Å². The van der Waals surface area contributed by atoms with Gasteiger partial charge in [-0.1, -0.05) is 42.5 Å². The fraction of sp³-hybridized carbons (Fsp3) is 0.238. The maximum absolute atomic E-state index is 5.42. The van der Waals surface area contributed by atoms with Crippen molar-refractivity contribution in [3.8, 4) is 5.75 Å². The van der Waals surface area contributed by atoms with Crippen LogP contribution < -0.4 is 10.1 Å². The second kappa shape index (κ2) is 6.83. The number of anilines is 1. The third-order valence-corrected chi connectivity index (χ3v) is 4.41. The van der Waals surface area contributed by atoms with Gasteiger partial charge in [-0.15, -0.1) is 0 Å². The first-order chi connectivity index (χ1) is 11.6. The summed E-state index contributed by atoms with van der Waals surface area (Å²) < 4.78 is 5.42. The van der Waals surface area contributed by atoms with E-state index in [2.05, 4.69) is 78.9 Å². The Morgan fingerprint density at radius 2 is 1.83 bits per heavy atom. The molecule has 0 amide bonds. The molecule has 0 bridgehead atoms. The minimum Gasteiger partial charge on any atom is -0.497 e. The lowest BCUT2D eigenvalue weighted by molar-refractivity contribution is 0.413. The minimum atomic E-state index is -0.282. The maximum atomic E-state index is 5.42. The second-order valence-electron chi connectivity index (χ2n) is 6.26. The lowest BCUT2D eigenvalue weighted by Crippen LogP contribution is -2.35. The molecule has 3 heteroatoms. The van der Waals surface area contributed by atoms with Crippen LogP contribution in [0.2, 0.25) is 0 Å². The van der Waals surface area contributed by atoms with Gasteiger partial charge in [0, 0.05) is 25.5 Å². The molecular formula is C21H24N2O. The Morgan fingerprint density at radius 3 is 2.46 bits per heavy atom. The predicted octanol–water partition coefficient (Wildman–Crippen LogP) is 4.41. The molecule has 3 rings (SSSR count). The molecule has 3 nitrogen and oxygen atoms in total. The number of hydrogen-bond donors (Lipinski definition) is 1. The number of rotatable bonds is 5. The van der Waals surface area contributed by atoms with E-state index in [-0.39, 0.29) is 5.54 Å². The number of benzene rings is 2. The highest BCUT2D eigenvalue weighted by Crippen LogP contribution is 2.36. The molecular weight excluding hydrogens is 296 g/mol. The quantitative estimate of drug-likeness (QED) is 0.883. The van der Waals surface area contributed by atoms with E-state index in [1.54, 1.807) is 7.11 Å². The smallest absolute Gasteiger partial charge is 0.119 e. The first-order valence-corrected chi connectivity index (χ1v) is 8.17. The van der Waals surface area contributed by atoms with Gasteiger partial charge < -0.3 is 15.0 Å². The van der Waals surface area contributed by atoms with E-state index in [1.807, 2.05) is 18.2 Å². The predicted molar refractivity (Wildman–Crippen MR) is 100 cm³/mol. The Hall–Kier alpha value is -2.68. The molecule has 0 radical (unpaired) electrons. The Balaban J connectivity index is 2.00. The van der Waals surface area contributed by atoms with E-state index in [0.29, 0.717) is 0 Å². The van der Waals surface area contributed by atoms with E-state index in [1.165, 1.54) is 11.3 Å². The molecule has 0 spiro atoms. The van der Waals surface area contributed by atoms with E-state index < -0.39 is 0 Å². The van der Waals surface area contributed by atoms with Crippen molar-refractivity contribution in [1.82, 2.24) is 4.90 Å². The van der Waals surface area contributed by atoms with Gasteiger partial charge in [-0.05, 0) is 42.3 Å². The lowest BCUT2D eigenvalue weighted by atomic mass is 9.82. The van der Waals surface area contributed by atoms with Crippen molar-refractivity contribution in [2.24, 2.45) is 0 Å². The summed E-state index contributed by atoms with van der Waals surface area (Å²) in [6.07, 6.45) is 7.58. The average molecular weight is 320 g/mol. The van der Waals surface area contributed by atoms with E-state index in [9.17, 15) is 0 Å². The molecule has 2 aromatic rings. The fourth-order valence-corrected chi connectivity index (χ4v) is 3.02. The SMILES string of the molecule is COc1cccc(C2(Nc3ccccc3)C=CC(N(C)C)=CC2)c1. The summed E-state index contributed by atoms with van der Waals surface area (Å²) in [6, 6.07) is 18.6. The summed E-state index contributed by atoms with van der Waals surface area (Å²) in [5, 5.41) is 3.72. The van der Waals surface area contributed by atoms with Crippen LogP contribution in [0.3, 0.4) is 0 Å². The van der Waals surface area contributed by atoms with Crippen LogP contribution in [0, 0.1) is 0 Å². The molecule has 0 fully saturated rings. The molecule has 1 N–H and O–H groups in total. The van der Waals surface area contributed by atoms with Gasteiger partial charge in [-0.25, -0.2) is 0 Å². The van der Waals surface area contributed by atoms with Crippen LogP contribution in [0.15, 0.2) is 78.5 Å². The second-order valence-corrected chi connectivity index (χ2v) is 6.26. The molecule has 1 atom stereocenters. The van der Waals surface area contributed by atoms with E-state index in [0.717, 1.165) is 17.9 Å². The monoisotopic (exact) mass is 320 g/mol. The van der Waals surface area contributed by atoms with Crippen molar-refractivity contribution in [2.75, 3.05) is 26.5 Å². The van der Waals surface area contributed by atoms with Crippen LogP contribution in [0.4, 0.5) is 5.69 Å². The Bertz CT molecular complexity index is 749. The van der Waals surface area contributed by atoms with Crippen LogP contribution in [-0.2, 0) is 5.54 Å². The summed E-state index contributed by atoms with van der Waals surface area (Å²) in [5.74, 6) is 0.873. The molecule has 2 aromatic carbocycles. The number of para-hydroxylation sites is 1. The molecule has 1 aliphatic rings. The number of ether oxygens (including phenoxy) is 1. The molecule has 1 unspecified atom stereocenters. The largest absolute Gasteiger partial charge is 0.497 e. The highest BCUT2D eigenvalue weighted by molar-refractivity contribution is 5.53. The molecule has 0 aromatic heterocycles. The molecule has 0 aliphatic heterocycles. The number of allylic oxidation sites excluding steroid dienone is 1. The van der Waals surface area contributed by atoms with Gasteiger partial charge >= 0.3 is 0 Å². The third kappa shape index (κ3) is 3.30. The summed E-state index contributed by atoms with van der Waals surface area (Å²) in [6.45, 7) is 0. The van der Waals surface area contributed by atoms with Crippen LogP contribution >= 0.6 is 0 Å². The molecule has 1 aliphatic carbocycles. The van der Waals surface area contributed by atoms with Gasteiger partial charge in [-0.2, -0.15) is 0 Å². The zero-order chi connectivity index (χ0) is 17.0. The normalized spacial score (nSPS) is 19.5. The number of methoxy groups -OCH3 is 1. The number of hydrogen-bond acceptors (Lipinski definition) is 3. The zero-order valence-electron chi connectivity index (χ0n) is 14.5. The topological polar surface area (TPSA) is 24.5 Å². The van der Waals surface area contributed by atoms with E-state index >= 15 is 0 Å². The average Bonchev–Trinajstić information content (AvgIpc) is 2.63. The summed E-state index contributed by atoms with van der Waals surface area (Å²) in [4.78, 5) is 2.13. The Labute approximate surface area is 144 Å². The highest BCUT2D eigenvalue weighted by Gasteiger charge is 2.31. The molecule has 0 heterocycles. The maximum Gasteiger partial charge on any atom is 0.119 e. The van der Waals surface area contributed by atoms with Crippen molar-refractivity contribution in [2.45, 2.75) is 12.0 Å². The Morgan fingerprint density at radius 1 is 1.04 bits per heavy atom. The Kier molecular flexibility index (Phi) is 4.61. The van der Waals surface area contributed by atoms with Gasteiger partial charge in [0.1, 0.15) is 5.75 Å². The van der Waals surface area contributed by atoms with Crippen molar-refractivity contribution in [1.29, 1.82) is 0 Å². The lowest BCUT2D eigenvalue weighted by Gasteiger charge is -2.36. The summed E-state index contributed by atoms with van der Waals surface area (Å²) in [7, 11) is 5.84. The molecule has 0 saturated heterocycles. The first kappa shape index (κ1) is 16.2. The number of nitrogens with zero attached hydrogens (tertiary/aromatic N) is 1. The van der Waals surface area contributed by atoms with Crippen molar-refractivity contribution < 1.29 is 4.74 Å². The van der Waals surface area contributed by atoms with Crippen molar-refractivity contribution in [3.63, 3.8) is 0 Å². The molecule has 0 saturated carbocycles. The van der Waals surface area contributed by atoms with Gasteiger partial charge in [0.2, 0.25) is 0 Å². The van der Waals surface area contributed by atoms with Crippen molar-refractivity contribution >= 4 is 5.69 Å². The first-order valence-electron chi connectivity index (χ1n) is 8.17. The van der Waals surface area contributed by atoms with Gasteiger partial charge in [0.05, 0.1) is 12.6 Å². The molecule has 24 heavy (non-hydrogen) atoms. The summed E-state index contributed by atoms with van der Waals surface area (Å²) in [5.41, 5.74) is 3.24. The minimum absolute atomic E-state index is 0.282. The van der Waals surface area contributed by atoms with Gasteiger partial charge in [0.15, 0.2) is 0 Å². The number of likely N-dealkylation sites (N-methyl/N-ethyl adjacent to an activating group) is 1. The number of nitrogens with one attached hydrogen (secondary N) is 1. The zero-order valence-corrected chi connectivity index (χ0v) is 14.5. The molecule has 124 valence electrons. The van der Waals surface area contributed by atoms with Crippen LogP contribution in [0.25, 0.3) is 0 Å². The van der Waals surface area contributed by atoms with Crippen LogP contribution in [0.1, 0.15) is 12.0 Å². The third-order valence-electron chi connectivity index (χ3n) is 4.41. The summed E-state index contributed by atoms with van der Waals surface area (Å²) >= 11 is 0. The fourth-order valence-electron chi connectivity index (χ4n) is 3.02. The van der Waals surface area contributed by atoms with Crippen molar-refractivity contribution in [3.05, 3.63) is 84.1 Å². The van der Waals surface area contributed by atoms with Crippen LogP contribution in [-0.4, -0.2) is 26.1 Å². The standard InChI is InChI=1S/C21H24N2O/c1-23(2)19-12-14-21(15-13-19,22-18-9-5-4-6-10-18)17-8-7-11-20(16-17)24-3/h4-14,16,22H,15H2,1-3H3.